The van der Waals surface area contributed by atoms with Crippen molar-refractivity contribution in [3.8, 4) is 33.4 Å². The van der Waals surface area contributed by atoms with Crippen LogP contribution in [0.2, 0.25) is 0 Å². The Balaban J connectivity index is 0.979. The van der Waals surface area contributed by atoms with E-state index in [-0.39, 0.29) is 5.41 Å². The first-order chi connectivity index (χ1) is 32.9. The summed E-state index contributed by atoms with van der Waals surface area (Å²) in [6, 6.07) is 83.0. The van der Waals surface area contributed by atoms with Gasteiger partial charge in [-0.05, 0) is 151 Å². The average molecular weight is 875 g/mol. The molecule has 0 bridgehead atoms. The van der Waals surface area contributed by atoms with Gasteiger partial charge in [-0.3, -0.25) is 0 Å². The third-order valence-electron chi connectivity index (χ3n) is 14.4. The van der Waals surface area contributed by atoms with Crippen LogP contribution >= 0.6 is 11.8 Å². The van der Waals surface area contributed by atoms with Gasteiger partial charge in [0.1, 0.15) is 0 Å². The molecular formula is C64H46N2S. The molecular weight excluding hydrogens is 829 g/mol. The summed E-state index contributed by atoms with van der Waals surface area (Å²) in [7, 11) is 0. The summed E-state index contributed by atoms with van der Waals surface area (Å²) in [5.41, 5.74) is 18.4. The van der Waals surface area contributed by atoms with Crippen LogP contribution in [0.5, 0.6) is 0 Å². The Bertz CT molecular complexity index is 3780. The van der Waals surface area contributed by atoms with Crippen LogP contribution in [-0.2, 0) is 5.41 Å². The fourth-order valence-electron chi connectivity index (χ4n) is 11.2. The molecule has 0 aromatic heterocycles. The molecule has 13 rings (SSSR count). The molecule has 11 aromatic carbocycles. The number of hydrogen-bond acceptors (Lipinski definition) is 3. The Labute approximate surface area is 396 Å². The maximum absolute atomic E-state index is 2.49. The summed E-state index contributed by atoms with van der Waals surface area (Å²) in [6.45, 7) is 7.07. The molecule has 318 valence electrons. The molecule has 3 heteroatoms. The first kappa shape index (κ1) is 39.5. The number of nitrogens with zero attached hydrogens (tertiary/aromatic N) is 2. The zero-order valence-corrected chi connectivity index (χ0v) is 38.5. The Morgan fingerprint density at radius 3 is 1.84 bits per heavy atom. The van der Waals surface area contributed by atoms with Crippen molar-refractivity contribution in [2.24, 2.45) is 0 Å². The van der Waals surface area contributed by atoms with Crippen LogP contribution < -0.4 is 9.80 Å². The standard InChI is InChI=1S/C64H46N2S/c1-41-50-34-31-47(66(59-27-15-13-23-51(59)43-18-6-4-7-19-43)48-32-35-53-52-24-12-14-26-57(52)64(2,3)58(53)39-48)38-56(50)54-25-16-28-60-63(54)62(41)55-36-33-49(40-61(55)67-60)65(45-21-8-5-9-22-45)46-30-29-42-17-10-11-20-44(42)37-46/h4-40H,1-3H3. The molecule has 2 nitrogen and oxygen atoms in total. The minimum atomic E-state index is -0.130. The van der Waals surface area contributed by atoms with Gasteiger partial charge >= 0.3 is 0 Å². The lowest BCUT2D eigenvalue weighted by Gasteiger charge is -2.31. The Kier molecular flexibility index (Phi) is 9.07. The van der Waals surface area contributed by atoms with E-state index in [4.69, 9.17) is 0 Å². The molecule has 0 saturated carbocycles. The van der Waals surface area contributed by atoms with E-state index in [0.717, 1.165) is 34.1 Å². The van der Waals surface area contributed by atoms with Crippen LogP contribution in [0.3, 0.4) is 0 Å². The van der Waals surface area contributed by atoms with Crippen molar-refractivity contribution in [1.29, 1.82) is 0 Å². The summed E-state index contributed by atoms with van der Waals surface area (Å²) in [6.07, 6.45) is 0. The van der Waals surface area contributed by atoms with Crippen molar-refractivity contribution in [3.63, 3.8) is 0 Å². The van der Waals surface area contributed by atoms with E-state index in [9.17, 15) is 0 Å². The third kappa shape index (κ3) is 6.26. The second-order valence-corrected chi connectivity index (χ2v) is 19.6. The number of hydrogen-bond donors (Lipinski definition) is 0. The molecule has 0 N–H and O–H groups in total. The highest BCUT2D eigenvalue weighted by molar-refractivity contribution is 7.99. The van der Waals surface area contributed by atoms with Gasteiger partial charge in [-0.15, -0.1) is 0 Å². The maximum Gasteiger partial charge on any atom is 0.0540 e. The van der Waals surface area contributed by atoms with E-state index >= 15 is 0 Å². The van der Waals surface area contributed by atoms with Crippen LogP contribution in [0.15, 0.2) is 234 Å². The van der Waals surface area contributed by atoms with E-state index in [1.807, 2.05) is 11.8 Å². The van der Waals surface area contributed by atoms with Crippen molar-refractivity contribution < 1.29 is 0 Å². The highest BCUT2D eigenvalue weighted by atomic mass is 32.2. The summed E-state index contributed by atoms with van der Waals surface area (Å²) < 4.78 is 0. The topological polar surface area (TPSA) is 6.48 Å². The summed E-state index contributed by atoms with van der Waals surface area (Å²) in [5, 5.41) is 7.61. The minimum absolute atomic E-state index is 0.130. The lowest BCUT2D eigenvalue weighted by atomic mass is 9.82. The molecule has 0 spiro atoms. The van der Waals surface area contributed by atoms with E-state index in [0.29, 0.717) is 0 Å². The minimum Gasteiger partial charge on any atom is -0.310 e. The van der Waals surface area contributed by atoms with Crippen LogP contribution in [0.4, 0.5) is 34.1 Å². The molecule has 0 amide bonds. The Morgan fingerprint density at radius 2 is 1.00 bits per heavy atom. The number of benzene rings is 11. The predicted octanol–water partition coefficient (Wildman–Crippen LogP) is 18.5. The van der Waals surface area contributed by atoms with Gasteiger partial charge in [0, 0.05) is 54.6 Å². The van der Waals surface area contributed by atoms with Gasteiger partial charge in [-0.1, -0.05) is 177 Å². The first-order valence-electron chi connectivity index (χ1n) is 23.2. The molecule has 0 unspecified atom stereocenters. The second-order valence-electron chi connectivity index (χ2n) is 18.5. The van der Waals surface area contributed by atoms with Crippen LogP contribution in [0.25, 0.3) is 65.7 Å². The zero-order chi connectivity index (χ0) is 44.8. The van der Waals surface area contributed by atoms with E-state index < -0.39 is 0 Å². The summed E-state index contributed by atoms with van der Waals surface area (Å²) >= 11 is 1.89. The van der Waals surface area contributed by atoms with Crippen molar-refractivity contribution in [1.82, 2.24) is 0 Å². The molecule has 2 aliphatic rings. The first-order valence-corrected chi connectivity index (χ1v) is 24.1. The fourth-order valence-corrected chi connectivity index (χ4v) is 12.3. The second kappa shape index (κ2) is 15.4. The molecule has 67 heavy (non-hydrogen) atoms. The largest absolute Gasteiger partial charge is 0.310 e. The smallest absolute Gasteiger partial charge is 0.0540 e. The number of fused-ring (bicyclic) bond motifs is 8. The van der Waals surface area contributed by atoms with E-state index in [2.05, 4.69) is 255 Å². The van der Waals surface area contributed by atoms with Gasteiger partial charge in [-0.25, -0.2) is 0 Å². The quantitative estimate of drug-likeness (QED) is 0.147. The number of anilines is 6. The molecule has 1 aliphatic heterocycles. The molecule has 0 fully saturated rings. The third-order valence-corrected chi connectivity index (χ3v) is 15.5. The highest BCUT2D eigenvalue weighted by Gasteiger charge is 2.36. The molecule has 0 radical (unpaired) electrons. The Morgan fingerprint density at radius 1 is 0.373 bits per heavy atom. The van der Waals surface area contributed by atoms with E-state index in [1.165, 1.54) is 92.2 Å². The summed E-state index contributed by atoms with van der Waals surface area (Å²) in [4.78, 5) is 7.44. The van der Waals surface area contributed by atoms with Crippen LogP contribution in [0.1, 0.15) is 30.5 Å². The zero-order valence-electron chi connectivity index (χ0n) is 37.7. The number of aryl methyl sites for hydroxylation is 1. The normalized spacial score (nSPS) is 13.1. The van der Waals surface area contributed by atoms with Gasteiger partial charge in [-0.2, -0.15) is 0 Å². The highest BCUT2D eigenvalue weighted by Crippen LogP contribution is 2.55. The van der Waals surface area contributed by atoms with Crippen molar-refractivity contribution in [3.05, 3.63) is 241 Å². The van der Waals surface area contributed by atoms with Gasteiger partial charge in [0.2, 0.25) is 0 Å². The van der Waals surface area contributed by atoms with Crippen LogP contribution in [0, 0.1) is 6.92 Å². The molecule has 0 atom stereocenters. The van der Waals surface area contributed by atoms with Crippen molar-refractivity contribution in [2.75, 3.05) is 9.80 Å². The maximum atomic E-state index is 2.49. The van der Waals surface area contributed by atoms with Crippen molar-refractivity contribution >= 4 is 78.2 Å². The van der Waals surface area contributed by atoms with Gasteiger partial charge in [0.15, 0.2) is 0 Å². The van der Waals surface area contributed by atoms with Crippen molar-refractivity contribution in [2.45, 2.75) is 36.0 Å². The van der Waals surface area contributed by atoms with Gasteiger partial charge in [0.25, 0.3) is 0 Å². The van der Waals surface area contributed by atoms with Crippen LogP contribution in [-0.4, -0.2) is 0 Å². The lowest BCUT2D eigenvalue weighted by molar-refractivity contribution is 0.660. The molecule has 1 heterocycles. The monoisotopic (exact) mass is 874 g/mol. The van der Waals surface area contributed by atoms with Gasteiger partial charge < -0.3 is 9.80 Å². The number of rotatable bonds is 7. The lowest BCUT2D eigenvalue weighted by Crippen LogP contribution is -2.17. The van der Waals surface area contributed by atoms with Gasteiger partial charge in [0.05, 0.1) is 5.69 Å². The predicted molar refractivity (Wildman–Crippen MR) is 286 cm³/mol. The molecule has 1 aliphatic carbocycles. The molecule has 0 saturated heterocycles. The fraction of sp³-hybridized carbons (Fsp3) is 0.0625. The molecule has 11 aromatic rings. The number of para-hydroxylation sites is 2. The summed E-state index contributed by atoms with van der Waals surface area (Å²) in [5.74, 6) is 0. The van der Waals surface area contributed by atoms with E-state index in [1.54, 1.807) is 0 Å². The Hall–Kier alpha value is -7.85. The average Bonchev–Trinajstić information content (AvgIpc) is 3.61. The SMILES string of the molecule is Cc1c2c3c(cccc3c3cc(N(c4ccc5c(c4)C(C)(C)c4ccccc4-5)c4ccccc4-c4ccccc4)ccc13)Sc1cc(N(c3ccccc3)c3ccc4ccccc4c3)ccc1-2.